The summed E-state index contributed by atoms with van der Waals surface area (Å²) in [6.07, 6.45) is 5.48. The van der Waals surface area contributed by atoms with Gasteiger partial charge in [0.05, 0.1) is 17.2 Å². The monoisotopic (exact) mass is 406 g/mol. The fourth-order valence-electron chi connectivity index (χ4n) is 2.99. The molecule has 0 aromatic carbocycles. The molecule has 3 aliphatic heterocycles. The van der Waals surface area contributed by atoms with Crippen molar-refractivity contribution in [2.75, 3.05) is 17.7 Å². The maximum absolute atomic E-state index is 12.8. The number of ether oxygens (including phenoxy) is 1. The van der Waals surface area contributed by atoms with E-state index >= 15 is 0 Å². The molecule has 142 valence electrons. The van der Waals surface area contributed by atoms with Gasteiger partial charge < -0.3 is 9.30 Å². The number of nitrogens with zero attached hydrogens (tertiary/aromatic N) is 4. The van der Waals surface area contributed by atoms with Gasteiger partial charge in [0.1, 0.15) is 5.69 Å². The number of hydrogen-bond acceptors (Lipinski definition) is 8. The zero-order valence-electron chi connectivity index (χ0n) is 14.6. The van der Waals surface area contributed by atoms with Crippen LogP contribution in [0.25, 0.3) is 11.3 Å². The second-order valence-electron chi connectivity index (χ2n) is 6.08. The molecule has 0 aliphatic carbocycles. The summed E-state index contributed by atoms with van der Waals surface area (Å²) >= 11 is 2.88. The first kappa shape index (κ1) is 18.1. The van der Waals surface area contributed by atoms with Gasteiger partial charge in [0.15, 0.2) is 4.34 Å². The Bertz CT molecular complexity index is 975. The Morgan fingerprint density at radius 3 is 3.15 bits per heavy atom. The van der Waals surface area contributed by atoms with Gasteiger partial charge in [-0.3, -0.25) is 14.9 Å². The maximum atomic E-state index is 12.8. The number of thioether (sulfide) groups is 1. The molecule has 1 unspecified atom stereocenters. The number of carbonyl (C=O) groups excluding carboxylic acids is 1. The normalized spacial score (nSPS) is 16.9. The molecule has 1 amide bonds. The highest BCUT2D eigenvalue weighted by molar-refractivity contribution is 8.01. The molecule has 0 radical (unpaired) electrons. The Kier molecular flexibility index (Phi) is 5.23. The van der Waals surface area contributed by atoms with Crippen molar-refractivity contribution in [1.82, 2.24) is 25.0 Å². The minimum atomic E-state index is -0.377. The van der Waals surface area contributed by atoms with Crippen LogP contribution in [0.1, 0.15) is 30.1 Å². The lowest BCUT2D eigenvalue weighted by Gasteiger charge is -2.15. The highest BCUT2D eigenvalue weighted by atomic mass is 32.2. The Morgan fingerprint density at radius 1 is 1.48 bits per heavy atom. The van der Waals surface area contributed by atoms with E-state index in [0.717, 1.165) is 29.5 Å². The summed E-state index contributed by atoms with van der Waals surface area (Å²) in [4.78, 5) is 24.9. The molecule has 11 heteroatoms. The average Bonchev–Trinajstić information content (AvgIpc) is 3.38. The van der Waals surface area contributed by atoms with Crippen molar-refractivity contribution in [3.63, 3.8) is 0 Å². The summed E-state index contributed by atoms with van der Waals surface area (Å²) in [6, 6.07) is 0. The van der Waals surface area contributed by atoms with E-state index in [1.165, 1.54) is 11.3 Å². The number of hydrogen-bond donors (Lipinski definition) is 2. The molecule has 2 N–H and O–H groups in total. The van der Waals surface area contributed by atoms with Crippen molar-refractivity contribution in [3.8, 4) is 11.3 Å². The molecule has 1 aromatic rings. The summed E-state index contributed by atoms with van der Waals surface area (Å²) in [7, 11) is 0. The minimum absolute atomic E-state index is 0.0853. The van der Waals surface area contributed by atoms with Gasteiger partial charge in [-0.05, 0) is 18.6 Å². The number of nitrogens with one attached hydrogen (secondary N) is 2. The number of aromatic amines is 1. The van der Waals surface area contributed by atoms with Crippen LogP contribution in [-0.4, -0.2) is 49.3 Å². The second kappa shape index (κ2) is 7.79. The van der Waals surface area contributed by atoms with Gasteiger partial charge in [-0.2, -0.15) is 5.10 Å². The molecular weight excluding hydrogens is 388 g/mol. The van der Waals surface area contributed by atoms with E-state index < -0.39 is 0 Å². The van der Waals surface area contributed by atoms with E-state index in [-0.39, 0.29) is 17.6 Å². The SMILES string of the molecule is CCSc1nnc(NC(=O)c2cn(CC3CCCO3)cc3c(=O)[nH]nc2-3)s1. The van der Waals surface area contributed by atoms with Crippen LogP contribution in [-0.2, 0) is 11.3 Å². The molecule has 0 spiro atoms. The Hall–Kier alpha value is -2.24. The van der Waals surface area contributed by atoms with Crippen molar-refractivity contribution in [3.05, 3.63) is 28.3 Å². The number of rotatable bonds is 6. The molecule has 3 aliphatic rings. The predicted octanol–water partition coefficient (Wildman–Crippen LogP) is 2.07. The van der Waals surface area contributed by atoms with Gasteiger partial charge in [-0.25, -0.2) is 5.10 Å². The Labute approximate surface area is 162 Å². The molecular formula is C16H18N6O3S2. The van der Waals surface area contributed by atoms with Crippen LogP contribution in [0.2, 0.25) is 0 Å². The molecule has 4 rings (SSSR count). The van der Waals surface area contributed by atoms with Crippen molar-refractivity contribution in [2.45, 2.75) is 36.8 Å². The van der Waals surface area contributed by atoms with Gasteiger partial charge in [0.2, 0.25) is 5.13 Å². The van der Waals surface area contributed by atoms with Crippen molar-refractivity contribution in [2.24, 2.45) is 0 Å². The molecule has 0 saturated carbocycles. The van der Waals surface area contributed by atoms with Crippen LogP contribution in [0.4, 0.5) is 5.13 Å². The summed E-state index contributed by atoms with van der Waals surface area (Å²) in [5.41, 5.74) is 0.705. The highest BCUT2D eigenvalue weighted by Gasteiger charge is 2.24. The van der Waals surface area contributed by atoms with E-state index in [0.29, 0.717) is 28.5 Å². The lowest BCUT2D eigenvalue weighted by molar-refractivity contribution is 0.0961. The molecule has 1 fully saturated rings. The first-order valence-electron chi connectivity index (χ1n) is 8.61. The van der Waals surface area contributed by atoms with Crippen LogP contribution in [0.15, 0.2) is 21.5 Å². The number of amides is 1. The smallest absolute Gasteiger partial charge is 0.275 e. The van der Waals surface area contributed by atoms with Gasteiger partial charge in [0.25, 0.3) is 11.5 Å². The number of anilines is 1. The topological polar surface area (TPSA) is 115 Å². The molecule has 0 bridgehead atoms. The zero-order chi connectivity index (χ0) is 18.8. The van der Waals surface area contributed by atoms with Crippen LogP contribution in [0.5, 0.6) is 0 Å². The maximum Gasteiger partial charge on any atom is 0.275 e. The second-order valence-corrected chi connectivity index (χ2v) is 8.57. The Balaban J connectivity index is 1.62. The number of H-pyrrole nitrogens is 1. The van der Waals surface area contributed by atoms with Crippen molar-refractivity contribution < 1.29 is 9.53 Å². The lowest BCUT2D eigenvalue weighted by atomic mass is 10.1. The van der Waals surface area contributed by atoms with Crippen LogP contribution in [0.3, 0.4) is 0 Å². The lowest BCUT2D eigenvalue weighted by Crippen LogP contribution is -2.20. The third-order valence-electron chi connectivity index (χ3n) is 4.19. The van der Waals surface area contributed by atoms with E-state index in [4.69, 9.17) is 4.74 Å². The van der Waals surface area contributed by atoms with E-state index in [2.05, 4.69) is 25.7 Å². The quantitative estimate of drug-likeness (QED) is 0.476. The van der Waals surface area contributed by atoms with Gasteiger partial charge >= 0.3 is 0 Å². The van der Waals surface area contributed by atoms with Crippen molar-refractivity contribution >= 4 is 34.1 Å². The van der Waals surface area contributed by atoms with Gasteiger partial charge in [-0.1, -0.05) is 30.0 Å². The molecule has 9 nitrogen and oxygen atoms in total. The first-order valence-corrected chi connectivity index (χ1v) is 10.4. The fraction of sp³-hybridized carbons (Fsp3) is 0.438. The highest BCUT2D eigenvalue weighted by Crippen LogP contribution is 2.27. The molecule has 27 heavy (non-hydrogen) atoms. The summed E-state index contributed by atoms with van der Waals surface area (Å²) < 4.78 is 8.28. The minimum Gasteiger partial charge on any atom is -0.376 e. The van der Waals surface area contributed by atoms with Crippen LogP contribution < -0.4 is 10.9 Å². The number of carbonyl (C=O) groups is 1. The number of pyridine rings is 1. The van der Waals surface area contributed by atoms with Crippen molar-refractivity contribution in [1.29, 1.82) is 0 Å². The first-order chi connectivity index (χ1) is 13.1. The van der Waals surface area contributed by atoms with Gasteiger partial charge in [0, 0.05) is 25.5 Å². The third-order valence-corrected chi connectivity index (χ3v) is 6.05. The summed E-state index contributed by atoms with van der Waals surface area (Å²) in [5, 5.41) is 17.6. The molecule has 1 saturated heterocycles. The largest absolute Gasteiger partial charge is 0.376 e. The van der Waals surface area contributed by atoms with Crippen LogP contribution >= 0.6 is 23.1 Å². The van der Waals surface area contributed by atoms with Gasteiger partial charge in [-0.15, -0.1) is 10.2 Å². The standard InChI is InChI=1S/C16H18N6O3S2/c1-2-26-16-21-20-15(27-16)17-13(23)10-7-22(6-9-4-3-5-25-9)8-11-12(10)18-19-14(11)24/h7-9H,2-6H2,1H3,(H,19,24)(H,17,20,23). The Morgan fingerprint density at radius 2 is 2.37 bits per heavy atom. The fourth-order valence-corrected chi connectivity index (χ4v) is 4.64. The zero-order valence-corrected chi connectivity index (χ0v) is 16.2. The summed E-state index contributed by atoms with van der Waals surface area (Å²) in [6.45, 7) is 3.35. The number of aromatic nitrogens is 5. The predicted molar refractivity (Wildman–Crippen MR) is 103 cm³/mol. The average molecular weight is 406 g/mol. The van der Waals surface area contributed by atoms with E-state index in [1.54, 1.807) is 24.2 Å². The summed E-state index contributed by atoms with van der Waals surface area (Å²) in [5.74, 6) is 0.502. The van der Waals surface area contributed by atoms with E-state index in [9.17, 15) is 9.59 Å². The third kappa shape index (κ3) is 3.89. The number of fused-ring (bicyclic) bond motifs is 1. The van der Waals surface area contributed by atoms with E-state index in [1.807, 2.05) is 11.5 Å². The molecule has 1 atom stereocenters. The molecule has 1 aromatic heterocycles. The van der Waals surface area contributed by atoms with Crippen LogP contribution in [0, 0.1) is 0 Å². The molecule has 4 heterocycles.